The first-order valence-electron chi connectivity index (χ1n) is 5.84. The number of hydrogen-bond donors (Lipinski definition) is 3. The maximum atomic E-state index is 10.5. The van der Waals surface area contributed by atoms with E-state index < -0.39 is 17.2 Å². The standard InChI is InChI=1S/C12H20O4/c1-10(2)8-11(13,12(14,15)16-10)9-6-4-3-5-7-9/h6,13-15H,3-5,7-8H2,1-2H3. The van der Waals surface area contributed by atoms with Gasteiger partial charge in [-0.2, -0.15) is 0 Å². The molecular formula is C12H20O4. The predicted octanol–water partition coefficient (Wildman–Crippen LogP) is 1.06. The molecule has 0 aromatic carbocycles. The molecule has 0 aromatic heterocycles. The summed E-state index contributed by atoms with van der Waals surface area (Å²) in [5.74, 6) is -2.47. The van der Waals surface area contributed by atoms with Crippen LogP contribution in [0.5, 0.6) is 0 Å². The van der Waals surface area contributed by atoms with Crippen molar-refractivity contribution in [3.05, 3.63) is 11.6 Å². The fourth-order valence-electron chi connectivity index (χ4n) is 2.77. The Morgan fingerprint density at radius 3 is 2.31 bits per heavy atom. The van der Waals surface area contributed by atoms with E-state index in [0.717, 1.165) is 19.3 Å². The normalized spacial score (nSPS) is 37.2. The molecule has 0 aromatic rings. The molecule has 16 heavy (non-hydrogen) atoms. The van der Waals surface area contributed by atoms with Crippen LogP contribution < -0.4 is 0 Å². The first kappa shape index (κ1) is 12.0. The summed E-state index contributed by atoms with van der Waals surface area (Å²) < 4.78 is 5.13. The van der Waals surface area contributed by atoms with Crippen molar-refractivity contribution in [2.75, 3.05) is 0 Å². The summed E-state index contributed by atoms with van der Waals surface area (Å²) in [5.41, 5.74) is -1.68. The number of ether oxygens (including phenoxy) is 1. The molecule has 0 bridgehead atoms. The minimum Gasteiger partial charge on any atom is -0.377 e. The Kier molecular flexibility index (Phi) is 2.66. The first-order chi connectivity index (χ1) is 7.27. The van der Waals surface area contributed by atoms with Crippen molar-refractivity contribution in [1.82, 2.24) is 0 Å². The molecule has 2 aliphatic rings. The topological polar surface area (TPSA) is 69.9 Å². The maximum Gasteiger partial charge on any atom is 0.313 e. The summed E-state index contributed by atoms with van der Waals surface area (Å²) in [6.45, 7) is 3.49. The van der Waals surface area contributed by atoms with Crippen LogP contribution in [0.15, 0.2) is 11.6 Å². The molecule has 1 unspecified atom stereocenters. The Hall–Kier alpha value is -0.420. The summed E-state index contributed by atoms with van der Waals surface area (Å²) >= 11 is 0. The fourth-order valence-corrected chi connectivity index (χ4v) is 2.77. The summed E-state index contributed by atoms with van der Waals surface area (Å²) in [4.78, 5) is 0. The number of aliphatic hydroxyl groups is 3. The molecule has 1 atom stereocenters. The maximum absolute atomic E-state index is 10.5. The number of allylic oxidation sites excluding steroid dienone is 1. The van der Waals surface area contributed by atoms with Gasteiger partial charge in [-0.3, -0.25) is 0 Å². The van der Waals surface area contributed by atoms with Gasteiger partial charge in [0.05, 0.1) is 5.60 Å². The van der Waals surface area contributed by atoms with Crippen molar-refractivity contribution < 1.29 is 20.1 Å². The van der Waals surface area contributed by atoms with E-state index in [1.807, 2.05) is 6.08 Å². The zero-order valence-corrected chi connectivity index (χ0v) is 9.86. The molecular weight excluding hydrogens is 208 g/mol. The molecule has 1 heterocycles. The van der Waals surface area contributed by atoms with Crippen LogP contribution in [0.4, 0.5) is 0 Å². The van der Waals surface area contributed by atoms with Crippen molar-refractivity contribution in [3.63, 3.8) is 0 Å². The Morgan fingerprint density at radius 2 is 1.88 bits per heavy atom. The highest BCUT2D eigenvalue weighted by Gasteiger charge is 2.62. The van der Waals surface area contributed by atoms with E-state index >= 15 is 0 Å². The molecule has 1 aliphatic heterocycles. The van der Waals surface area contributed by atoms with Crippen LogP contribution in [0.1, 0.15) is 46.0 Å². The van der Waals surface area contributed by atoms with Gasteiger partial charge in [-0.1, -0.05) is 6.08 Å². The average molecular weight is 228 g/mol. The van der Waals surface area contributed by atoms with Crippen LogP contribution in [-0.4, -0.2) is 32.5 Å². The fraction of sp³-hybridized carbons (Fsp3) is 0.833. The van der Waals surface area contributed by atoms with Gasteiger partial charge in [0.1, 0.15) is 0 Å². The lowest BCUT2D eigenvalue weighted by Gasteiger charge is -2.34. The zero-order chi connectivity index (χ0) is 12.0. The summed E-state index contributed by atoms with van der Waals surface area (Å²) in [6, 6.07) is 0. The zero-order valence-electron chi connectivity index (χ0n) is 9.86. The molecule has 0 radical (unpaired) electrons. The third-order valence-corrected chi connectivity index (χ3v) is 3.46. The molecule has 0 saturated carbocycles. The van der Waals surface area contributed by atoms with E-state index in [1.165, 1.54) is 0 Å². The van der Waals surface area contributed by atoms with E-state index in [1.54, 1.807) is 13.8 Å². The monoisotopic (exact) mass is 228 g/mol. The van der Waals surface area contributed by atoms with Crippen LogP contribution >= 0.6 is 0 Å². The van der Waals surface area contributed by atoms with Crippen molar-refractivity contribution in [1.29, 1.82) is 0 Å². The second-order valence-electron chi connectivity index (χ2n) is 5.48. The first-order valence-corrected chi connectivity index (χ1v) is 5.84. The molecule has 0 spiro atoms. The van der Waals surface area contributed by atoms with Crippen molar-refractivity contribution in [3.8, 4) is 0 Å². The smallest absolute Gasteiger partial charge is 0.313 e. The average Bonchev–Trinajstić information content (AvgIpc) is 2.33. The number of rotatable bonds is 1. The lowest BCUT2D eigenvalue weighted by molar-refractivity contribution is -0.382. The van der Waals surface area contributed by atoms with Gasteiger partial charge in [-0.05, 0) is 45.1 Å². The second-order valence-corrected chi connectivity index (χ2v) is 5.48. The summed E-state index contributed by atoms with van der Waals surface area (Å²) in [6.07, 6.45) is 5.78. The van der Waals surface area contributed by atoms with E-state index in [9.17, 15) is 15.3 Å². The highest BCUT2D eigenvalue weighted by atomic mass is 16.8. The van der Waals surface area contributed by atoms with Gasteiger partial charge in [0.2, 0.25) is 0 Å². The van der Waals surface area contributed by atoms with Crippen LogP contribution in [0.3, 0.4) is 0 Å². The van der Waals surface area contributed by atoms with Gasteiger partial charge in [0.15, 0.2) is 5.60 Å². The quantitative estimate of drug-likeness (QED) is 0.463. The highest BCUT2D eigenvalue weighted by Crippen LogP contribution is 2.48. The molecule has 1 fully saturated rings. The highest BCUT2D eigenvalue weighted by molar-refractivity contribution is 5.25. The molecule has 92 valence electrons. The second kappa shape index (κ2) is 3.53. The molecule has 4 heteroatoms. The van der Waals surface area contributed by atoms with Gasteiger partial charge < -0.3 is 20.1 Å². The predicted molar refractivity (Wildman–Crippen MR) is 58.5 cm³/mol. The third kappa shape index (κ3) is 1.80. The Bertz CT molecular complexity index is 319. The van der Waals surface area contributed by atoms with E-state index in [2.05, 4.69) is 0 Å². The van der Waals surface area contributed by atoms with Crippen LogP contribution in [0.25, 0.3) is 0 Å². The molecule has 4 nitrogen and oxygen atoms in total. The number of hydrogen-bond acceptors (Lipinski definition) is 4. The summed E-state index contributed by atoms with van der Waals surface area (Å²) in [5, 5.41) is 30.2. The lowest BCUT2D eigenvalue weighted by atomic mass is 9.80. The molecule has 3 N–H and O–H groups in total. The largest absolute Gasteiger partial charge is 0.377 e. The van der Waals surface area contributed by atoms with E-state index in [-0.39, 0.29) is 6.42 Å². The van der Waals surface area contributed by atoms with Crippen LogP contribution in [-0.2, 0) is 4.74 Å². The SMILES string of the molecule is CC1(C)CC(O)(C2=CCCCC2)C(O)(O)O1. The summed E-state index contributed by atoms with van der Waals surface area (Å²) in [7, 11) is 0. The van der Waals surface area contributed by atoms with Gasteiger partial charge >= 0.3 is 5.97 Å². The van der Waals surface area contributed by atoms with Gasteiger partial charge in [-0.25, -0.2) is 0 Å². The van der Waals surface area contributed by atoms with Crippen LogP contribution in [0.2, 0.25) is 0 Å². The van der Waals surface area contributed by atoms with E-state index in [0.29, 0.717) is 12.0 Å². The molecule has 1 saturated heterocycles. The van der Waals surface area contributed by atoms with Crippen molar-refractivity contribution >= 4 is 0 Å². The van der Waals surface area contributed by atoms with E-state index in [4.69, 9.17) is 4.74 Å². The Morgan fingerprint density at radius 1 is 1.19 bits per heavy atom. The molecule has 1 aliphatic carbocycles. The van der Waals surface area contributed by atoms with Gasteiger partial charge in [-0.15, -0.1) is 0 Å². The van der Waals surface area contributed by atoms with Crippen molar-refractivity contribution in [2.45, 2.75) is 63.1 Å². The van der Waals surface area contributed by atoms with Gasteiger partial charge in [0, 0.05) is 6.42 Å². The van der Waals surface area contributed by atoms with Gasteiger partial charge in [0.25, 0.3) is 0 Å². The molecule has 2 rings (SSSR count). The molecule has 0 amide bonds. The minimum atomic E-state index is -2.47. The Balaban J connectivity index is 2.33. The van der Waals surface area contributed by atoms with Crippen LogP contribution in [0, 0.1) is 0 Å². The minimum absolute atomic E-state index is 0.207. The Labute approximate surface area is 95.5 Å². The third-order valence-electron chi connectivity index (χ3n) is 3.46. The lowest BCUT2D eigenvalue weighted by Crippen LogP contribution is -2.52. The van der Waals surface area contributed by atoms with Crippen molar-refractivity contribution in [2.24, 2.45) is 0 Å².